The first-order valence-corrected chi connectivity index (χ1v) is 6.13. The smallest absolute Gasteiger partial charge is 0.140 e. The van der Waals surface area contributed by atoms with E-state index >= 15 is 0 Å². The number of aromatic nitrogens is 2. The quantitative estimate of drug-likeness (QED) is 0.939. The summed E-state index contributed by atoms with van der Waals surface area (Å²) in [7, 11) is 0. The molecule has 0 saturated heterocycles. The van der Waals surface area contributed by atoms with E-state index in [1.807, 2.05) is 6.07 Å². The Balaban J connectivity index is 2.32. The van der Waals surface area contributed by atoms with Crippen LogP contribution in [0, 0.1) is 0 Å². The normalized spacial score (nSPS) is 12.9. The molecule has 0 aliphatic carbocycles. The van der Waals surface area contributed by atoms with Crippen LogP contribution in [0.2, 0.25) is 0 Å². The van der Waals surface area contributed by atoms with Crippen LogP contribution in [-0.2, 0) is 0 Å². The molecule has 2 rings (SSSR count). The van der Waals surface area contributed by atoms with Crippen molar-refractivity contribution in [2.75, 3.05) is 6.54 Å². The molecule has 80 valence electrons. The van der Waals surface area contributed by atoms with Crippen molar-refractivity contribution in [2.45, 2.75) is 13.0 Å². The Labute approximate surface area is 100.0 Å². The predicted molar refractivity (Wildman–Crippen MR) is 61.8 cm³/mol. The first-order valence-electron chi connectivity index (χ1n) is 4.56. The standard InChI is InChI=1S/C9H10BrN3OS/c1-2-11-8(7-5-12-13-15-7)9-6(10)3-4-14-9/h3-5,8,11H,2H2,1H3. The van der Waals surface area contributed by atoms with Crippen LogP contribution in [0.1, 0.15) is 23.6 Å². The Kier molecular flexibility index (Phi) is 3.50. The Morgan fingerprint density at radius 1 is 1.67 bits per heavy atom. The average molecular weight is 288 g/mol. The minimum Gasteiger partial charge on any atom is -0.466 e. The molecule has 15 heavy (non-hydrogen) atoms. The molecular weight excluding hydrogens is 278 g/mol. The number of nitrogens with one attached hydrogen (secondary N) is 1. The predicted octanol–water partition coefficient (Wildman–Crippen LogP) is 2.59. The summed E-state index contributed by atoms with van der Waals surface area (Å²) in [4.78, 5) is 1.05. The first kappa shape index (κ1) is 10.8. The SMILES string of the molecule is CCNC(c1cnns1)c1occc1Br. The fourth-order valence-electron chi connectivity index (χ4n) is 1.34. The third-order valence-corrected chi connectivity index (χ3v) is 3.36. The molecule has 0 aliphatic rings. The highest BCUT2D eigenvalue weighted by Gasteiger charge is 2.20. The summed E-state index contributed by atoms with van der Waals surface area (Å²) in [6, 6.07) is 1.91. The van der Waals surface area contributed by atoms with Gasteiger partial charge in [0.05, 0.1) is 21.8 Å². The van der Waals surface area contributed by atoms with Gasteiger partial charge in [-0.1, -0.05) is 11.4 Å². The lowest BCUT2D eigenvalue weighted by Gasteiger charge is -2.12. The molecule has 0 saturated carbocycles. The van der Waals surface area contributed by atoms with Gasteiger partial charge in [-0.3, -0.25) is 0 Å². The van der Waals surface area contributed by atoms with E-state index in [0.29, 0.717) is 0 Å². The lowest BCUT2D eigenvalue weighted by atomic mass is 10.2. The second kappa shape index (κ2) is 4.87. The van der Waals surface area contributed by atoms with Gasteiger partial charge in [0.1, 0.15) is 11.8 Å². The van der Waals surface area contributed by atoms with E-state index < -0.39 is 0 Å². The van der Waals surface area contributed by atoms with E-state index in [-0.39, 0.29) is 6.04 Å². The highest BCUT2D eigenvalue weighted by Crippen LogP contribution is 2.30. The van der Waals surface area contributed by atoms with Crippen molar-refractivity contribution in [3.63, 3.8) is 0 Å². The first-order chi connectivity index (χ1) is 7.33. The fourth-order valence-corrected chi connectivity index (χ4v) is 2.35. The number of hydrogen-bond acceptors (Lipinski definition) is 5. The molecule has 0 aliphatic heterocycles. The maximum Gasteiger partial charge on any atom is 0.140 e. The van der Waals surface area contributed by atoms with Gasteiger partial charge in [-0.2, -0.15) is 0 Å². The third kappa shape index (κ3) is 2.27. The largest absolute Gasteiger partial charge is 0.466 e. The van der Waals surface area contributed by atoms with Gasteiger partial charge in [-0.05, 0) is 40.1 Å². The van der Waals surface area contributed by atoms with Crippen LogP contribution in [0.5, 0.6) is 0 Å². The van der Waals surface area contributed by atoms with Gasteiger partial charge < -0.3 is 9.73 Å². The van der Waals surface area contributed by atoms with Crippen molar-refractivity contribution in [1.82, 2.24) is 14.9 Å². The zero-order valence-corrected chi connectivity index (χ0v) is 10.5. The number of furan rings is 1. The summed E-state index contributed by atoms with van der Waals surface area (Å²) >= 11 is 4.83. The highest BCUT2D eigenvalue weighted by atomic mass is 79.9. The van der Waals surface area contributed by atoms with Gasteiger partial charge in [0.15, 0.2) is 0 Å². The van der Waals surface area contributed by atoms with E-state index in [9.17, 15) is 0 Å². The fraction of sp³-hybridized carbons (Fsp3) is 0.333. The van der Waals surface area contributed by atoms with Crippen LogP contribution in [0.4, 0.5) is 0 Å². The molecule has 2 heterocycles. The van der Waals surface area contributed by atoms with E-state index in [1.54, 1.807) is 12.5 Å². The van der Waals surface area contributed by atoms with Gasteiger partial charge in [-0.25, -0.2) is 0 Å². The maximum absolute atomic E-state index is 5.44. The molecule has 1 atom stereocenters. The monoisotopic (exact) mass is 287 g/mol. The van der Waals surface area contributed by atoms with Crippen molar-refractivity contribution in [3.8, 4) is 0 Å². The van der Waals surface area contributed by atoms with Crippen molar-refractivity contribution in [3.05, 3.63) is 33.6 Å². The van der Waals surface area contributed by atoms with E-state index in [0.717, 1.165) is 21.7 Å². The van der Waals surface area contributed by atoms with Crippen molar-refractivity contribution in [1.29, 1.82) is 0 Å². The van der Waals surface area contributed by atoms with E-state index in [4.69, 9.17) is 4.42 Å². The average Bonchev–Trinajstić information content (AvgIpc) is 2.85. The summed E-state index contributed by atoms with van der Waals surface area (Å²) in [5, 5.41) is 7.17. The molecule has 4 nitrogen and oxygen atoms in total. The molecule has 6 heteroatoms. The van der Waals surface area contributed by atoms with Gasteiger partial charge in [-0.15, -0.1) is 5.10 Å². The summed E-state index contributed by atoms with van der Waals surface area (Å²) in [6.07, 6.45) is 3.42. The van der Waals surface area contributed by atoms with Crippen LogP contribution >= 0.6 is 27.5 Å². The van der Waals surface area contributed by atoms with Crippen LogP contribution in [-0.4, -0.2) is 16.1 Å². The third-order valence-electron chi connectivity index (χ3n) is 1.98. The van der Waals surface area contributed by atoms with Crippen LogP contribution in [0.3, 0.4) is 0 Å². The minimum absolute atomic E-state index is 0.0272. The highest BCUT2D eigenvalue weighted by molar-refractivity contribution is 9.10. The Morgan fingerprint density at radius 2 is 2.53 bits per heavy atom. The lowest BCUT2D eigenvalue weighted by molar-refractivity contribution is 0.453. The zero-order valence-electron chi connectivity index (χ0n) is 8.11. The number of nitrogens with zero attached hydrogens (tertiary/aromatic N) is 2. The van der Waals surface area contributed by atoms with E-state index in [2.05, 4.69) is 37.8 Å². The molecule has 0 aromatic carbocycles. The van der Waals surface area contributed by atoms with Crippen LogP contribution in [0.25, 0.3) is 0 Å². The number of hydrogen-bond donors (Lipinski definition) is 1. The number of halogens is 1. The molecule has 0 amide bonds. The second-order valence-electron chi connectivity index (χ2n) is 2.94. The van der Waals surface area contributed by atoms with Gasteiger partial charge in [0.2, 0.25) is 0 Å². The van der Waals surface area contributed by atoms with Gasteiger partial charge in [0.25, 0.3) is 0 Å². The van der Waals surface area contributed by atoms with Crippen LogP contribution in [0.15, 0.2) is 27.4 Å². The molecule has 2 aromatic rings. The second-order valence-corrected chi connectivity index (χ2v) is 4.61. The van der Waals surface area contributed by atoms with E-state index in [1.165, 1.54) is 11.5 Å². The van der Waals surface area contributed by atoms with Crippen molar-refractivity contribution in [2.24, 2.45) is 0 Å². The van der Waals surface area contributed by atoms with Gasteiger partial charge >= 0.3 is 0 Å². The molecule has 0 radical (unpaired) electrons. The summed E-state index contributed by atoms with van der Waals surface area (Å²) in [5.41, 5.74) is 0. The van der Waals surface area contributed by atoms with Crippen molar-refractivity contribution >= 4 is 27.5 Å². The summed E-state index contributed by atoms with van der Waals surface area (Å²) in [6.45, 7) is 2.91. The van der Waals surface area contributed by atoms with Crippen molar-refractivity contribution < 1.29 is 4.42 Å². The zero-order chi connectivity index (χ0) is 10.7. The molecule has 1 unspecified atom stereocenters. The molecule has 0 fully saturated rings. The Morgan fingerprint density at radius 3 is 3.07 bits per heavy atom. The molecular formula is C9H10BrN3OS. The minimum atomic E-state index is 0.0272. The maximum atomic E-state index is 5.44. The molecule has 1 N–H and O–H groups in total. The lowest BCUT2D eigenvalue weighted by Crippen LogP contribution is -2.20. The number of rotatable bonds is 4. The Bertz CT molecular complexity index is 415. The van der Waals surface area contributed by atoms with Gasteiger partial charge in [0, 0.05) is 0 Å². The summed E-state index contributed by atoms with van der Waals surface area (Å²) < 4.78 is 10.3. The summed E-state index contributed by atoms with van der Waals surface area (Å²) in [5.74, 6) is 0.864. The molecule has 2 aromatic heterocycles. The van der Waals surface area contributed by atoms with Crippen LogP contribution < -0.4 is 5.32 Å². The molecule has 0 bridgehead atoms. The molecule has 0 spiro atoms. The topological polar surface area (TPSA) is 51.0 Å². The Hall–Kier alpha value is -0.720.